The Bertz CT molecular complexity index is 668. The molecule has 0 saturated heterocycles. The van der Waals surface area contributed by atoms with Crippen molar-refractivity contribution in [3.8, 4) is 0 Å². The first-order valence-electron chi connectivity index (χ1n) is 5.51. The molecule has 0 aliphatic carbocycles. The van der Waals surface area contributed by atoms with Gasteiger partial charge in [-0.15, -0.1) is 0 Å². The molecule has 0 fully saturated rings. The number of hydrogen-bond acceptors (Lipinski definition) is 16. The van der Waals surface area contributed by atoms with Gasteiger partial charge in [-0.2, -0.15) is 0 Å². The van der Waals surface area contributed by atoms with Gasteiger partial charge in [-0.05, 0) is 0 Å². The molecule has 8 N–H and O–H groups in total. The first kappa shape index (κ1) is 42.7. The fourth-order valence-electron chi connectivity index (χ4n) is 0.388. The monoisotopic (exact) mass is 702 g/mol. The van der Waals surface area contributed by atoms with Gasteiger partial charge in [0.1, 0.15) is 0 Å². The first-order chi connectivity index (χ1) is 13.7. The summed E-state index contributed by atoms with van der Waals surface area (Å²) in [5.74, 6) is 0. The van der Waals surface area contributed by atoms with E-state index in [-0.39, 0.29) is 17.6 Å². The van der Waals surface area contributed by atoms with Gasteiger partial charge in [0.15, 0.2) is 0 Å². The summed E-state index contributed by atoms with van der Waals surface area (Å²) >= 11 is 0. The summed E-state index contributed by atoms with van der Waals surface area (Å²) in [6.45, 7) is 0. The molecule has 33 heavy (non-hydrogen) atoms. The number of hydrogen-bond donors (Lipinski definition) is 8. The second-order valence-corrected chi connectivity index (χ2v) is 12.2. The van der Waals surface area contributed by atoms with Crippen LogP contribution in [-0.2, 0) is 53.0 Å². The van der Waals surface area contributed by atoms with Gasteiger partial charge < -0.3 is 93.0 Å². The zero-order chi connectivity index (χ0) is 27.1. The van der Waals surface area contributed by atoms with Crippen molar-refractivity contribution >= 4 is 85.6 Å². The summed E-state index contributed by atoms with van der Waals surface area (Å²) in [6, 6.07) is 0. The number of rotatable bonds is 8. The molecule has 0 radical (unpaired) electrons. The van der Waals surface area contributed by atoms with E-state index in [0.29, 0.717) is 0 Å². The van der Waals surface area contributed by atoms with E-state index in [1.807, 2.05) is 0 Å². The molecule has 0 aromatic heterocycles. The summed E-state index contributed by atoms with van der Waals surface area (Å²) < 4.78 is 88.0. The summed E-state index contributed by atoms with van der Waals surface area (Å²) in [5.41, 5.74) is 0. The van der Waals surface area contributed by atoms with Crippen LogP contribution in [0, 0.1) is 0 Å². The van der Waals surface area contributed by atoms with Crippen LogP contribution in [0.25, 0.3) is 0 Å². The maximum atomic E-state index is 9.54. The Balaban J connectivity index is -0.000000105. The van der Waals surface area contributed by atoms with Crippen molar-refractivity contribution in [3.63, 3.8) is 0 Å². The Morgan fingerprint density at radius 1 is 0.424 bits per heavy atom. The SMILES string of the molecule is O=[Si]([O-])OP(=O)(O)O.O=[Si]([O-])OP(=O)(O)O.O=[Si]([O-])OP(=O)(O)O.O=[Si]([O-])OP(=O)(O)O.[Ge+4]. The molecule has 0 rings (SSSR count). The normalized spacial score (nSPS) is 10.4. The van der Waals surface area contributed by atoms with Gasteiger partial charge in [0, 0.05) is 0 Å². The number of phosphoric acid groups is 4. The fraction of sp³-hybridized carbons (Fsp3) is 0. The van der Waals surface area contributed by atoms with Crippen molar-refractivity contribution in [1.29, 1.82) is 0 Å². The smallest absolute Gasteiger partial charge is 0.499 e. The van der Waals surface area contributed by atoms with Crippen LogP contribution in [0.5, 0.6) is 0 Å². The third-order valence-electron chi connectivity index (χ3n) is 0.774. The molecular weight excluding hydrogens is 693 g/mol. The van der Waals surface area contributed by atoms with E-state index in [9.17, 15) is 55.3 Å². The van der Waals surface area contributed by atoms with Crippen LogP contribution in [-0.4, -0.2) is 93.4 Å². The molecule has 0 spiro atoms. The molecular formula is H8GeO24P4Si4. The minimum absolute atomic E-state index is 0. The average Bonchev–Trinajstić information content (AvgIpc) is 2.26. The Labute approximate surface area is 196 Å². The van der Waals surface area contributed by atoms with Crippen LogP contribution >= 0.6 is 31.3 Å². The van der Waals surface area contributed by atoms with Gasteiger partial charge in [0.25, 0.3) is 0 Å². The molecule has 33 heteroatoms. The van der Waals surface area contributed by atoms with E-state index in [2.05, 4.69) is 16.9 Å². The van der Waals surface area contributed by atoms with Crippen molar-refractivity contribution in [2.45, 2.75) is 0 Å². The summed E-state index contributed by atoms with van der Waals surface area (Å²) in [4.78, 5) is 99.1. The molecule has 0 amide bonds. The molecule has 0 aromatic carbocycles. The van der Waals surface area contributed by atoms with Crippen LogP contribution in [0.1, 0.15) is 0 Å². The van der Waals surface area contributed by atoms with E-state index in [1.165, 1.54) is 0 Å². The van der Waals surface area contributed by atoms with Gasteiger partial charge in [-0.1, -0.05) is 0 Å². The molecule has 0 aliphatic heterocycles. The molecule has 0 atom stereocenters. The summed E-state index contributed by atoms with van der Waals surface area (Å²) in [6.07, 6.45) is 0. The van der Waals surface area contributed by atoms with E-state index in [0.717, 1.165) is 0 Å². The first-order valence-corrected chi connectivity index (χ1v) is 16.5. The Kier molecular flexibility index (Phi) is 24.5. The molecule has 192 valence electrons. The van der Waals surface area contributed by atoms with Crippen molar-refractivity contribution in [1.82, 2.24) is 0 Å². The van der Waals surface area contributed by atoms with Crippen molar-refractivity contribution < 1.29 is 111 Å². The molecule has 0 saturated carbocycles. The molecule has 0 heterocycles. The van der Waals surface area contributed by atoms with Crippen LogP contribution in [0.3, 0.4) is 0 Å². The second kappa shape index (κ2) is 18.9. The van der Waals surface area contributed by atoms with Crippen LogP contribution in [0.4, 0.5) is 0 Å². The van der Waals surface area contributed by atoms with E-state index < -0.39 is 68.0 Å². The zero-order valence-corrected chi connectivity index (χ0v) is 24.1. The topological polar surface area (TPSA) is 428 Å². The standard InChI is InChI=1S/Ge.4H2O6PSi/c;4*1-7(2,3)6-8(4)5/h;4*(H2,1,2,3)/q+4;4*-1. The van der Waals surface area contributed by atoms with E-state index in [1.54, 1.807) is 0 Å². The van der Waals surface area contributed by atoms with Gasteiger partial charge in [0.05, 0.1) is 0 Å². The largest absolute Gasteiger partial charge is 4.00 e. The molecule has 0 aliphatic rings. The minimum atomic E-state index is -4.80. The second-order valence-electron chi connectivity index (χ2n) is 3.33. The predicted octanol–water partition coefficient (Wildman–Crippen LogP) is -8.90. The zero-order valence-electron chi connectivity index (χ0n) is 14.4. The van der Waals surface area contributed by atoms with Gasteiger partial charge >= 0.3 is 85.6 Å². The Morgan fingerprint density at radius 3 is 0.515 bits per heavy atom. The minimum Gasteiger partial charge on any atom is -0.499 e. The van der Waals surface area contributed by atoms with Crippen LogP contribution in [0.2, 0.25) is 0 Å². The van der Waals surface area contributed by atoms with Gasteiger partial charge in [-0.25, -0.2) is 18.3 Å². The van der Waals surface area contributed by atoms with Crippen molar-refractivity contribution in [3.05, 3.63) is 0 Å². The maximum Gasteiger partial charge on any atom is 4.00 e. The van der Waals surface area contributed by atoms with Crippen LogP contribution < -0.4 is 19.2 Å². The fourth-order valence-corrected chi connectivity index (χ4v) is 3.50. The predicted molar refractivity (Wildman–Crippen MR) is 84.0 cm³/mol. The van der Waals surface area contributed by atoms with Gasteiger partial charge in [0.2, 0.25) is 0 Å². The average molecular weight is 701 g/mol. The molecule has 0 aromatic rings. The third-order valence-corrected chi connectivity index (χ3v) is 6.96. The third kappa shape index (κ3) is 72.1. The quantitative estimate of drug-likeness (QED) is 0.0860. The van der Waals surface area contributed by atoms with E-state index >= 15 is 0 Å². The maximum absolute atomic E-state index is 9.54. The summed E-state index contributed by atoms with van der Waals surface area (Å²) in [7, 11) is -34.2. The van der Waals surface area contributed by atoms with Crippen molar-refractivity contribution in [2.75, 3.05) is 0 Å². The summed E-state index contributed by atoms with van der Waals surface area (Å²) in [5, 5.41) is 0. The van der Waals surface area contributed by atoms with Crippen LogP contribution in [0.15, 0.2) is 0 Å². The van der Waals surface area contributed by atoms with E-state index in [4.69, 9.17) is 39.1 Å². The van der Waals surface area contributed by atoms with Gasteiger partial charge in [-0.3, -0.25) is 0 Å². The molecule has 24 nitrogen and oxygen atoms in total. The van der Waals surface area contributed by atoms with Crippen molar-refractivity contribution in [2.24, 2.45) is 0 Å². The Morgan fingerprint density at radius 2 is 0.515 bits per heavy atom. The molecule has 0 unspecified atom stereocenters. The molecule has 0 bridgehead atoms. The Hall–Kier alpha value is -0.390.